The number of ether oxygens (including phenoxy) is 2. The van der Waals surface area contributed by atoms with Gasteiger partial charge in [0.05, 0.1) is 13.2 Å². The van der Waals surface area contributed by atoms with Gasteiger partial charge in [0.2, 0.25) is 0 Å². The molecule has 1 aliphatic carbocycles. The van der Waals surface area contributed by atoms with E-state index in [4.69, 9.17) is 18.5 Å². The van der Waals surface area contributed by atoms with E-state index in [0.717, 1.165) is 38.5 Å². The number of rotatable bonds is 39. The number of carbonyl (C=O) groups excluding carboxylic acids is 1. The second-order valence-corrected chi connectivity index (χ2v) is 17.7. The van der Waals surface area contributed by atoms with Crippen LogP contribution in [0.1, 0.15) is 206 Å². The molecule has 0 saturated heterocycles. The summed E-state index contributed by atoms with van der Waals surface area (Å²) in [5, 5.41) is 50.1. The summed E-state index contributed by atoms with van der Waals surface area (Å²) in [6.07, 6.45) is 23.1. The van der Waals surface area contributed by atoms with Crippen molar-refractivity contribution >= 4 is 13.8 Å². The summed E-state index contributed by atoms with van der Waals surface area (Å²) in [4.78, 5) is 23.1. The topological polar surface area (TPSA) is 192 Å². The van der Waals surface area contributed by atoms with Gasteiger partial charge in [0.1, 0.15) is 42.7 Å². The van der Waals surface area contributed by atoms with Crippen molar-refractivity contribution in [2.45, 2.75) is 249 Å². The smallest absolute Gasteiger partial charge is 0.457 e. The van der Waals surface area contributed by atoms with E-state index in [1.807, 2.05) is 0 Å². The molecule has 0 aromatic carbocycles. The van der Waals surface area contributed by atoms with E-state index >= 15 is 0 Å². The molecule has 6 unspecified atom stereocenters. The lowest BCUT2D eigenvalue weighted by Crippen LogP contribution is -2.64. The lowest BCUT2D eigenvalue weighted by Gasteiger charge is -2.41. The van der Waals surface area contributed by atoms with Crippen LogP contribution in [-0.2, 0) is 27.9 Å². The fourth-order valence-electron chi connectivity index (χ4n) is 7.30. The molecule has 0 amide bonds. The zero-order valence-corrected chi connectivity index (χ0v) is 36.4. The minimum Gasteiger partial charge on any atom is -0.457 e. The molecule has 0 radical (unpaired) electrons. The van der Waals surface area contributed by atoms with Crippen molar-refractivity contribution in [3.05, 3.63) is 0 Å². The van der Waals surface area contributed by atoms with E-state index in [9.17, 15) is 39.8 Å². The molecule has 0 spiro atoms. The van der Waals surface area contributed by atoms with Gasteiger partial charge in [0, 0.05) is 13.0 Å². The first-order valence-corrected chi connectivity index (χ1v) is 24.4. The quantitative estimate of drug-likeness (QED) is 0.0196. The molecule has 8 atom stereocenters. The number of aliphatic hydroxyl groups is 5. The Morgan fingerprint density at radius 3 is 1.23 bits per heavy atom. The van der Waals surface area contributed by atoms with Crippen molar-refractivity contribution in [3.8, 4) is 0 Å². The zero-order valence-electron chi connectivity index (χ0n) is 35.5. The SMILES string of the molecule is CCCCCCCCCCCCCCCCCCOC[C@H](COP(=O)(O)OC1C(O)C(O)C(O)[C@@H](O)C1O)OC(=O)CCCCCCCCCCCCCCC. The Labute approximate surface area is 340 Å². The van der Waals surface area contributed by atoms with Gasteiger partial charge in [-0.2, -0.15) is 0 Å². The number of phosphoric ester groups is 1. The van der Waals surface area contributed by atoms with Crippen molar-refractivity contribution in [1.82, 2.24) is 0 Å². The van der Waals surface area contributed by atoms with Crippen LogP contribution in [0.3, 0.4) is 0 Å². The van der Waals surface area contributed by atoms with Gasteiger partial charge >= 0.3 is 13.8 Å². The molecule has 0 aliphatic heterocycles. The Kier molecular flexibility index (Phi) is 33.5. The van der Waals surface area contributed by atoms with Gasteiger partial charge in [0.25, 0.3) is 0 Å². The van der Waals surface area contributed by atoms with Crippen LogP contribution in [0, 0.1) is 0 Å². The Morgan fingerprint density at radius 2 is 0.839 bits per heavy atom. The van der Waals surface area contributed by atoms with Gasteiger partial charge in [-0.3, -0.25) is 13.8 Å². The Balaban J connectivity index is 2.38. The molecular formula is C43H85O12P. The number of hydrogen-bond acceptors (Lipinski definition) is 11. The van der Waals surface area contributed by atoms with Gasteiger partial charge in [-0.25, -0.2) is 4.57 Å². The van der Waals surface area contributed by atoms with Gasteiger partial charge in [-0.1, -0.05) is 187 Å². The van der Waals surface area contributed by atoms with E-state index < -0.39 is 63.1 Å². The first kappa shape index (κ1) is 53.4. The summed E-state index contributed by atoms with van der Waals surface area (Å²) in [6.45, 7) is 4.28. The molecule has 13 heteroatoms. The van der Waals surface area contributed by atoms with Crippen LogP contribution in [-0.4, -0.2) is 98.9 Å². The third-order valence-electron chi connectivity index (χ3n) is 11.0. The average Bonchev–Trinajstić information content (AvgIpc) is 3.18. The standard InChI is InChI=1S/C43H85O12P/c1-3-5-7-9-11-13-15-17-18-19-21-23-25-27-29-31-33-52-34-36(35-53-56(50,51)55-43-41(48)39(46)38(45)40(47)42(43)49)54-37(44)32-30-28-26-24-22-20-16-14-12-10-8-6-4-2/h36,38-43,45-49H,3-35H2,1-2H3,(H,50,51)/t36-,38?,39-,40?,41?,42?,43?/m1/s1. The van der Waals surface area contributed by atoms with Crippen molar-refractivity contribution < 1.29 is 58.3 Å². The maximum atomic E-state index is 12.8. The maximum absolute atomic E-state index is 12.8. The molecular weight excluding hydrogens is 739 g/mol. The first-order valence-electron chi connectivity index (χ1n) is 22.9. The molecule has 334 valence electrons. The third-order valence-corrected chi connectivity index (χ3v) is 12.0. The first-order chi connectivity index (χ1) is 27.0. The van der Waals surface area contributed by atoms with Crippen molar-refractivity contribution in [1.29, 1.82) is 0 Å². The van der Waals surface area contributed by atoms with E-state index in [2.05, 4.69) is 13.8 Å². The van der Waals surface area contributed by atoms with Crippen LogP contribution in [0.5, 0.6) is 0 Å². The minimum atomic E-state index is -5.01. The highest BCUT2D eigenvalue weighted by atomic mass is 31.2. The van der Waals surface area contributed by atoms with E-state index in [1.165, 1.54) is 141 Å². The Bertz CT molecular complexity index is 942. The predicted octanol–water partition coefficient (Wildman–Crippen LogP) is 8.98. The number of esters is 1. The van der Waals surface area contributed by atoms with Gasteiger partial charge < -0.3 is 39.9 Å². The molecule has 0 aromatic heterocycles. The van der Waals surface area contributed by atoms with Gasteiger partial charge in [-0.05, 0) is 12.8 Å². The highest BCUT2D eigenvalue weighted by Gasteiger charge is 2.51. The van der Waals surface area contributed by atoms with Crippen LogP contribution >= 0.6 is 7.82 Å². The van der Waals surface area contributed by atoms with E-state index in [0.29, 0.717) is 13.0 Å². The summed E-state index contributed by atoms with van der Waals surface area (Å²) in [5.41, 5.74) is 0. The summed E-state index contributed by atoms with van der Waals surface area (Å²) >= 11 is 0. The van der Waals surface area contributed by atoms with Crippen molar-refractivity contribution in [2.24, 2.45) is 0 Å². The molecule has 0 bridgehead atoms. The minimum absolute atomic E-state index is 0.0681. The fourth-order valence-corrected chi connectivity index (χ4v) is 8.27. The van der Waals surface area contributed by atoms with Crippen LogP contribution in [0.2, 0.25) is 0 Å². The predicted molar refractivity (Wildman–Crippen MR) is 221 cm³/mol. The second kappa shape index (κ2) is 35.1. The van der Waals surface area contributed by atoms with Crippen LogP contribution in [0.25, 0.3) is 0 Å². The number of hydrogen-bond donors (Lipinski definition) is 6. The molecule has 1 aliphatic rings. The van der Waals surface area contributed by atoms with Gasteiger partial charge in [0.15, 0.2) is 0 Å². The monoisotopic (exact) mass is 825 g/mol. The number of aliphatic hydroxyl groups excluding tert-OH is 5. The summed E-state index contributed by atoms with van der Waals surface area (Å²) in [7, 11) is -5.01. The molecule has 1 rings (SSSR count). The summed E-state index contributed by atoms with van der Waals surface area (Å²) in [5.74, 6) is -0.472. The van der Waals surface area contributed by atoms with Crippen LogP contribution in [0.4, 0.5) is 0 Å². The Morgan fingerprint density at radius 1 is 0.500 bits per heavy atom. The third kappa shape index (κ3) is 27.2. The highest BCUT2D eigenvalue weighted by Crippen LogP contribution is 2.47. The number of phosphoric acid groups is 1. The zero-order chi connectivity index (χ0) is 41.3. The van der Waals surface area contributed by atoms with Crippen LogP contribution < -0.4 is 0 Å². The molecule has 1 fully saturated rings. The van der Waals surface area contributed by atoms with E-state index in [1.54, 1.807) is 0 Å². The molecule has 0 aromatic rings. The van der Waals surface area contributed by atoms with Crippen molar-refractivity contribution in [2.75, 3.05) is 19.8 Å². The normalized spacial score (nSPS) is 22.9. The van der Waals surface area contributed by atoms with E-state index in [-0.39, 0.29) is 13.0 Å². The lowest BCUT2D eigenvalue weighted by molar-refractivity contribution is -0.220. The molecule has 56 heavy (non-hydrogen) atoms. The average molecular weight is 825 g/mol. The molecule has 12 nitrogen and oxygen atoms in total. The van der Waals surface area contributed by atoms with Gasteiger partial charge in [-0.15, -0.1) is 0 Å². The Hall–Kier alpha value is -0.660. The lowest BCUT2D eigenvalue weighted by atomic mass is 9.85. The van der Waals surface area contributed by atoms with Crippen molar-refractivity contribution in [3.63, 3.8) is 0 Å². The maximum Gasteiger partial charge on any atom is 0.472 e. The summed E-state index contributed by atoms with van der Waals surface area (Å²) < 4.78 is 34.2. The fraction of sp³-hybridized carbons (Fsp3) is 0.977. The second-order valence-electron chi connectivity index (χ2n) is 16.3. The van der Waals surface area contributed by atoms with Crippen LogP contribution in [0.15, 0.2) is 0 Å². The molecule has 0 heterocycles. The number of unbranched alkanes of at least 4 members (excludes halogenated alkanes) is 27. The largest absolute Gasteiger partial charge is 0.472 e. The molecule has 6 N–H and O–H groups in total. The number of carbonyl (C=O) groups is 1. The molecule has 1 saturated carbocycles. The summed E-state index contributed by atoms with van der Waals surface area (Å²) in [6, 6.07) is 0. The highest BCUT2D eigenvalue weighted by molar-refractivity contribution is 7.47.